The van der Waals surface area contributed by atoms with Crippen LogP contribution in [0.25, 0.3) is 22.3 Å². The fourth-order valence-corrected chi connectivity index (χ4v) is 4.58. The van der Waals surface area contributed by atoms with Crippen molar-refractivity contribution in [1.82, 2.24) is 28.5 Å². The number of aryl methyl sites for hydroxylation is 2. The molecule has 0 amide bonds. The van der Waals surface area contributed by atoms with Gasteiger partial charge in [0.25, 0.3) is 5.56 Å². The molecule has 31 heavy (non-hydrogen) atoms. The van der Waals surface area contributed by atoms with E-state index in [-0.39, 0.29) is 5.56 Å². The molecule has 0 bridgehead atoms. The van der Waals surface area contributed by atoms with Crippen molar-refractivity contribution in [3.8, 4) is 0 Å². The molecule has 8 nitrogen and oxygen atoms in total. The zero-order chi connectivity index (χ0) is 21.4. The number of thioether (sulfide) groups is 1. The van der Waals surface area contributed by atoms with Crippen molar-refractivity contribution in [2.45, 2.75) is 30.8 Å². The van der Waals surface area contributed by atoms with Gasteiger partial charge in [0, 0.05) is 38.4 Å². The van der Waals surface area contributed by atoms with Crippen LogP contribution in [0, 0.1) is 6.92 Å². The molecule has 0 aliphatic carbocycles. The monoisotopic (exact) mass is 434 g/mol. The molecule has 4 aromatic heterocycles. The van der Waals surface area contributed by atoms with Crippen LogP contribution in [0.3, 0.4) is 0 Å². The van der Waals surface area contributed by atoms with Crippen LogP contribution in [-0.2, 0) is 17.0 Å². The summed E-state index contributed by atoms with van der Waals surface area (Å²) in [5, 5.41) is 10.2. The smallest absolute Gasteiger partial charge is 0.262 e. The lowest BCUT2D eigenvalue weighted by Crippen LogP contribution is -2.24. The number of hydrogen-bond acceptors (Lipinski definition) is 6. The molecule has 5 rings (SSSR count). The number of aromatic nitrogens is 6. The maximum atomic E-state index is 13.1. The molecule has 0 N–H and O–H groups in total. The minimum absolute atomic E-state index is 0.0566. The SMILES string of the molecule is COCCCn1c(=O)c2ccccc2n2c(SCc3cn4cc(C)ccc4n3)nnc12. The van der Waals surface area contributed by atoms with Gasteiger partial charge in [-0.05, 0) is 37.1 Å². The van der Waals surface area contributed by atoms with Gasteiger partial charge in [-0.3, -0.25) is 13.8 Å². The lowest BCUT2D eigenvalue weighted by Gasteiger charge is -2.11. The van der Waals surface area contributed by atoms with Crippen molar-refractivity contribution in [3.05, 3.63) is 70.4 Å². The van der Waals surface area contributed by atoms with Crippen LogP contribution in [0.4, 0.5) is 0 Å². The van der Waals surface area contributed by atoms with Crippen LogP contribution in [0.2, 0.25) is 0 Å². The highest BCUT2D eigenvalue weighted by Crippen LogP contribution is 2.24. The summed E-state index contributed by atoms with van der Waals surface area (Å²) in [6.45, 7) is 3.16. The second-order valence-electron chi connectivity index (χ2n) is 7.43. The molecule has 0 aliphatic rings. The van der Waals surface area contributed by atoms with Gasteiger partial charge in [-0.25, -0.2) is 4.98 Å². The molecule has 0 saturated carbocycles. The Balaban J connectivity index is 1.54. The van der Waals surface area contributed by atoms with Gasteiger partial charge in [0.1, 0.15) is 5.65 Å². The Labute approximate surface area is 182 Å². The number of ether oxygens (including phenoxy) is 1. The summed E-state index contributed by atoms with van der Waals surface area (Å²) in [6.07, 6.45) is 4.83. The summed E-state index contributed by atoms with van der Waals surface area (Å²) in [5.41, 5.74) is 3.82. The summed E-state index contributed by atoms with van der Waals surface area (Å²) in [6, 6.07) is 11.7. The molecule has 158 valence electrons. The van der Waals surface area contributed by atoms with E-state index >= 15 is 0 Å². The van der Waals surface area contributed by atoms with Crippen LogP contribution in [0.15, 0.2) is 58.7 Å². The average Bonchev–Trinajstić information content (AvgIpc) is 3.38. The first-order valence-corrected chi connectivity index (χ1v) is 11.1. The largest absolute Gasteiger partial charge is 0.385 e. The molecule has 0 saturated heterocycles. The van der Waals surface area contributed by atoms with Crippen molar-refractivity contribution in [3.63, 3.8) is 0 Å². The van der Waals surface area contributed by atoms with Crippen LogP contribution in [0.1, 0.15) is 17.7 Å². The van der Waals surface area contributed by atoms with E-state index in [1.165, 1.54) is 5.56 Å². The predicted molar refractivity (Wildman–Crippen MR) is 121 cm³/mol. The van der Waals surface area contributed by atoms with Gasteiger partial charge < -0.3 is 9.14 Å². The molecule has 0 radical (unpaired) electrons. The summed E-state index contributed by atoms with van der Waals surface area (Å²) in [5.74, 6) is 1.20. The van der Waals surface area contributed by atoms with Gasteiger partial charge >= 0.3 is 0 Å². The number of rotatable bonds is 7. The van der Waals surface area contributed by atoms with Crippen LogP contribution in [0.5, 0.6) is 0 Å². The third kappa shape index (κ3) is 3.60. The number of imidazole rings is 1. The summed E-state index contributed by atoms with van der Waals surface area (Å²) >= 11 is 1.56. The molecular formula is C22H22N6O2S. The minimum atomic E-state index is -0.0566. The van der Waals surface area contributed by atoms with Crippen molar-refractivity contribution in [2.24, 2.45) is 0 Å². The standard InChI is InChI=1S/C22H22N6O2S/c1-15-8-9-19-23-16(13-26(19)12-15)14-31-22-25-24-21-27(10-5-11-30-2)20(29)17-6-3-4-7-18(17)28(21)22/h3-4,6-9,12-13H,5,10-11,14H2,1-2H3. The number of hydrogen-bond donors (Lipinski definition) is 0. The highest BCUT2D eigenvalue weighted by Gasteiger charge is 2.17. The Kier molecular flexibility index (Phi) is 5.21. The zero-order valence-corrected chi connectivity index (χ0v) is 18.2. The van der Waals surface area contributed by atoms with E-state index in [1.807, 2.05) is 45.3 Å². The molecule has 0 spiro atoms. The lowest BCUT2D eigenvalue weighted by molar-refractivity contribution is 0.190. The maximum Gasteiger partial charge on any atom is 0.262 e. The third-order valence-corrected chi connectivity index (χ3v) is 6.17. The summed E-state index contributed by atoms with van der Waals surface area (Å²) in [4.78, 5) is 17.8. The van der Waals surface area contributed by atoms with E-state index < -0.39 is 0 Å². The van der Waals surface area contributed by atoms with Crippen molar-refractivity contribution in [1.29, 1.82) is 0 Å². The molecular weight excluding hydrogens is 412 g/mol. The van der Waals surface area contributed by atoms with Crippen LogP contribution >= 0.6 is 11.8 Å². The number of methoxy groups -OCH3 is 1. The summed E-state index contributed by atoms with van der Waals surface area (Å²) in [7, 11) is 1.66. The maximum absolute atomic E-state index is 13.1. The molecule has 5 aromatic rings. The molecule has 1 aromatic carbocycles. The second kappa shape index (κ2) is 8.16. The molecule has 4 heterocycles. The molecule has 0 aliphatic heterocycles. The zero-order valence-electron chi connectivity index (χ0n) is 17.4. The van der Waals surface area contributed by atoms with Crippen LogP contribution < -0.4 is 5.56 Å². The quantitative estimate of drug-likeness (QED) is 0.289. The van der Waals surface area contributed by atoms with Gasteiger partial charge in [0.05, 0.1) is 16.6 Å². The molecule has 0 fully saturated rings. The van der Waals surface area contributed by atoms with E-state index in [0.717, 1.165) is 28.4 Å². The van der Waals surface area contributed by atoms with Gasteiger partial charge in [-0.15, -0.1) is 10.2 Å². The number of nitrogens with zero attached hydrogens (tertiary/aromatic N) is 6. The van der Waals surface area contributed by atoms with Crippen LogP contribution in [-0.4, -0.2) is 42.3 Å². The van der Waals surface area contributed by atoms with E-state index in [0.29, 0.717) is 30.1 Å². The highest BCUT2D eigenvalue weighted by molar-refractivity contribution is 7.98. The van der Waals surface area contributed by atoms with Gasteiger partial charge in [-0.1, -0.05) is 30.0 Å². The van der Waals surface area contributed by atoms with E-state index in [4.69, 9.17) is 9.72 Å². The summed E-state index contributed by atoms with van der Waals surface area (Å²) < 4.78 is 10.8. The first-order chi connectivity index (χ1) is 15.2. The molecule has 0 atom stereocenters. The molecule has 9 heteroatoms. The Bertz CT molecular complexity index is 1450. The Morgan fingerprint density at radius 2 is 1.97 bits per heavy atom. The van der Waals surface area contributed by atoms with Crippen molar-refractivity contribution in [2.75, 3.05) is 13.7 Å². The fourth-order valence-electron chi connectivity index (χ4n) is 3.76. The second-order valence-corrected chi connectivity index (χ2v) is 8.37. The average molecular weight is 435 g/mol. The van der Waals surface area contributed by atoms with E-state index in [9.17, 15) is 4.79 Å². The Morgan fingerprint density at radius 1 is 1.10 bits per heavy atom. The van der Waals surface area contributed by atoms with Gasteiger partial charge in [0.15, 0.2) is 5.16 Å². The number of para-hydroxylation sites is 1. The normalized spacial score (nSPS) is 11.8. The number of benzene rings is 1. The van der Waals surface area contributed by atoms with E-state index in [2.05, 4.69) is 29.4 Å². The Morgan fingerprint density at radius 3 is 2.84 bits per heavy atom. The van der Waals surface area contributed by atoms with Gasteiger partial charge in [0.2, 0.25) is 5.78 Å². The number of pyridine rings is 1. The minimum Gasteiger partial charge on any atom is -0.385 e. The highest BCUT2D eigenvalue weighted by atomic mass is 32.2. The van der Waals surface area contributed by atoms with Gasteiger partial charge in [-0.2, -0.15) is 0 Å². The first-order valence-electron chi connectivity index (χ1n) is 10.1. The first kappa shape index (κ1) is 19.8. The Hall–Kier alpha value is -3.17. The topological polar surface area (TPSA) is 78.7 Å². The third-order valence-electron chi connectivity index (χ3n) is 5.21. The number of fused-ring (bicyclic) bond motifs is 4. The predicted octanol–water partition coefficient (Wildman–Crippen LogP) is 3.33. The lowest BCUT2D eigenvalue weighted by atomic mass is 10.2. The van der Waals surface area contributed by atoms with E-state index in [1.54, 1.807) is 23.4 Å². The fraction of sp³-hybridized carbons (Fsp3) is 0.273. The van der Waals surface area contributed by atoms with Crippen molar-refractivity contribution >= 4 is 34.1 Å². The molecule has 0 unspecified atom stereocenters. The van der Waals surface area contributed by atoms with Crippen molar-refractivity contribution < 1.29 is 4.74 Å².